The van der Waals surface area contributed by atoms with Crippen LogP contribution in [0, 0.1) is 0 Å². The van der Waals surface area contributed by atoms with Crippen molar-refractivity contribution in [1.29, 1.82) is 0 Å². The summed E-state index contributed by atoms with van der Waals surface area (Å²) in [4.78, 5) is 85.2. The van der Waals surface area contributed by atoms with Gasteiger partial charge < -0.3 is 28.4 Å². The average molecular weight is 1650 g/mol. The largest absolute Gasteiger partial charge is 0.459 e. The first-order chi connectivity index (χ1) is 57.6. The van der Waals surface area contributed by atoms with Gasteiger partial charge in [-0.1, -0.05) is 444 Å². The molecule has 0 fully saturated rings. The van der Waals surface area contributed by atoms with E-state index in [1.54, 1.807) is 0 Å². The molecule has 0 heterocycles. The van der Waals surface area contributed by atoms with E-state index in [-0.39, 0.29) is 38.5 Å². The molecular formula is C105H194O12. The van der Waals surface area contributed by atoms with Gasteiger partial charge in [-0.15, -0.1) is 0 Å². The standard InChI is InChI=1S/C105H194O12/c1-7-13-19-25-31-37-43-49-52-55-61-67-73-79-85-91-100(106)115-97(88-82-76-70-64-58-46-40-34-28-22-16-10-4)103(109)112-94-96(114-105(111)99(90-84-78-72-66-60-48-42-36-30-24-18-12-6)117-102(108)93-87-81-75-69-63-57-54-51-45-39-33-27-21-15-9-3)95-113-104(110)98(89-83-77-71-65-59-47-41-35-29-23-17-11-5)116-101(107)92-86-80-74-68-62-56-53-50-44-38-32-26-20-14-8-2/h49-54,96-99H,7-48,55-95H2,1-6H3/b52-49-,53-50-,54-51-. The highest BCUT2D eigenvalue weighted by Crippen LogP contribution is 2.24. The van der Waals surface area contributed by atoms with E-state index in [4.69, 9.17) is 28.4 Å². The van der Waals surface area contributed by atoms with E-state index in [9.17, 15) is 28.8 Å². The third-order valence-corrected chi connectivity index (χ3v) is 23.6. The SMILES string of the molecule is CCCCCCCC/C=C\CCCCCCCC(=O)OC(CCCCCCCCCCCCCC)C(=O)OCC(COC(=O)C(CCCCCCCCCCCCCC)OC(=O)CCCCCCC/C=C\CCCCCCCC)OC(=O)C(CCCCCCCCCCCCCC)OC(=O)CCCCCCC/C=C\CCCCCCCC. The van der Waals surface area contributed by atoms with Crippen LogP contribution in [0.5, 0.6) is 0 Å². The highest BCUT2D eigenvalue weighted by atomic mass is 16.6. The molecule has 0 saturated carbocycles. The number of rotatable bonds is 95. The molecule has 0 saturated heterocycles. The van der Waals surface area contributed by atoms with Gasteiger partial charge in [-0.3, -0.25) is 14.4 Å². The number of carbonyl (C=O) groups excluding carboxylic acids is 6. The van der Waals surface area contributed by atoms with E-state index in [0.717, 1.165) is 180 Å². The predicted molar refractivity (Wildman–Crippen MR) is 497 cm³/mol. The van der Waals surface area contributed by atoms with Gasteiger partial charge >= 0.3 is 35.8 Å². The molecule has 3 unspecified atom stereocenters. The van der Waals surface area contributed by atoms with Crippen molar-refractivity contribution < 1.29 is 57.2 Å². The molecule has 0 N–H and O–H groups in total. The lowest BCUT2D eigenvalue weighted by molar-refractivity contribution is -0.185. The van der Waals surface area contributed by atoms with Crippen molar-refractivity contribution in [1.82, 2.24) is 0 Å². The fourth-order valence-corrected chi connectivity index (χ4v) is 15.8. The number of carbonyl (C=O) groups is 6. The topological polar surface area (TPSA) is 158 Å². The van der Waals surface area contributed by atoms with Crippen LogP contribution in [-0.4, -0.2) is 73.4 Å². The van der Waals surface area contributed by atoms with Gasteiger partial charge in [-0.05, 0) is 135 Å². The Bertz CT molecular complexity index is 2120. The average Bonchev–Trinajstić information content (AvgIpc) is 0.874. The number of esters is 6. The molecule has 0 aliphatic heterocycles. The molecule has 12 heteroatoms. The Morgan fingerprint density at radius 3 is 0.547 bits per heavy atom. The van der Waals surface area contributed by atoms with E-state index in [2.05, 4.69) is 78.0 Å². The highest BCUT2D eigenvalue weighted by Gasteiger charge is 2.32. The molecule has 0 bridgehead atoms. The minimum Gasteiger partial charge on any atom is -0.459 e. The van der Waals surface area contributed by atoms with E-state index >= 15 is 0 Å². The van der Waals surface area contributed by atoms with Gasteiger partial charge in [0.25, 0.3) is 0 Å². The normalized spacial score (nSPS) is 12.8. The molecule has 0 aromatic rings. The highest BCUT2D eigenvalue weighted by molar-refractivity contribution is 5.81. The van der Waals surface area contributed by atoms with Gasteiger partial charge in [0.15, 0.2) is 24.4 Å². The van der Waals surface area contributed by atoms with Crippen LogP contribution in [0.25, 0.3) is 0 Å². The number of hydrogen-bond donors (Lipinski definition) is 0. The first-order valence-electron chi connectivity index (χ1n) is 51.6. The summed E-state index contributed by atoms with van der Waals surface area (Å²) in [5.41, 5.74) is 0. The Labute approximate surface area is 724 Å². The zero-order chi connectivity index (χ0) is 84.9. The fourth-order valence-electron chi connectivity index (χ4n) is 15.8. The molecule has 117 heavy (non-hydrogen) atoms. The Balaban J connectivity index is 6.83. The van der Waals surface area contributed by atoms with E-state index < -0.39 is 73.4 Å². The summed E-state index contributed by atoms with van der Waals surface area (Å²) in [5, 5.41) is 0. The van der Waals surface area contributed by atoms with Gasteiger partial charge in [-0.2, -0.15) is 0 Å². The van der Waals surface area contributed by atoms with Gasteiger partial charge in [0, 0.05) is 19.3 Å². The Morgan fingerprint density at radius 2 is 0.350 bits per heavy atom. The Morgan fingerprint density at radius 1 is 0.188 bits per heavy atom. The van der Waals surface area contributed by atoms with Crippen molar-refractivity contribution in [2.45, 2.75) is 586 Å². The van der Waals surface area contributed by atoms with E-state index in [1.165, 1.54) is 263 Å². The first kappa shape index (κ1) is 113. The van der Waals surface area contributed by atoms with Crippen molar-refractivity contribution in [3.05, 3.63) is 36.5 Å². The van der Waals surface area contributed by atoms with Crippen LogP contribution >= 0.6 is 0 Å². The van der Waals surface area contributed by atoms with Crippen molar-refractivity contribution in [2.24, 2.45) is 0 Å². The maximum Gasteiger partial charge on any atom is 0.347 e. The third kappa shape index (κ3) is 84.1. The van der Waals surface area contributed by atoms with Crippen molar-refractivity contribution >= 4 is 35.8 Å². The molecule has 0 radical (unpaired) electrons. The van der Waals surface area contributed by atoms with Crippen LogP contribution < -0.4 is 0 Å². The summed E-state index contributed by atoms with van der Waals surface area (Å²) in [6.07, 6.45) is 96.2. The molecule has 0 spiro atoms. The molecule has 0 amide bonds. The van der Waals surface area contributed by atoms with Crippen molar-refractivity contribution in [2.75, 3.05) is 13.2 Å². The van der Waals surface area contributed by atoms with Gasteiger partial charge in [0.05, 0.1) is 0 Å². The summed E-state index contributed by atoms with van der Waals surface area (Å²) < 4.78 is 36.6. The maximum atomic E-state index is 14.8. The lowest BCUT2D eigenvalue weighted by Crippen LogP contribution is -2.39. The summed E-state index contributed by atoms with van der Waals surface area (Å²) >= 11 is 0. The predicted octanol–water partition coefficient (Wildman–Crippen LogP) is 33.1. The first-order valence-corrected chi connectivity index (χ1v) is 51.6. The third-order valence-electron chi connectivity index (χ3n) is 23.6. The monoisotopic (exact) mass is 1650 g/mol. The number of allylic oxidation sites excluding steroid dienone is 6. The van der Waals surface area contributed by atoms with E-state index in [1.807, 2.05) is 0 Å². The lowest BCUT2D eigenvalue weighted by atomic mass is 10.0. The molecule has 686 valence electrons. The van der Waals surface area contributed by atoms with Crippen LogP contribution in [-0.2, 0) is 57.2 Å². The Hall–Kier alpha value is -3.96. The van der Waals surface area contributed by atoms with Gasteiger partial charge in [0.1, 0.15) is 13.2 Å². The number of hydrogen-bond acceptors (Lipinski definition) is 12. The smallest absolute Gasteiger partial charge is 0.347 e. The molecule has 3 atom stereocenters. The van der Waals surface area contributed by atoms with E-state index in [0.29, 0.717) is 38.5 Å². The van der Waals surface area contributed by atoms with Crippen molar-refractivity contribution in [3.63, 3.8) is 0 Å². The molecule has 0 rings (SSSR count). The van der Waals surface area contributed by atoms with Crippen LogP contribution in [0.4, 0.5) is 0 Å². The Kier molecular flexibility index (Phi) is 91.1. The van der Waals surface area contributed by atoms with Gasteiger partial charge in [-0.25, -0.2) is 14.4 Å². The second-order valence-electron chi connectivity index (χ2n) is 35.3. The fraction of sp³-hybridized carbons (Fsp3) is 0.886. The lowest BCUT2D eigenvalue weighted by Gasteiger charge is -2.24. The number of ether oxygens (including phenoxy) is 6. The molecule has 0 aliphatic rings. The second kappa shape index (κ2) is 94.3. The minimum atomic E-state index is -1.32. The summed E-state index contributed by atoms with van der Waals surface area (Å²) in [6, 6.07) is 0. The molecule has 0 aliphatic carbocycles. The van der Waals surface area contributed by atoms with Gasteiger partial charge in [0.2, 0.25) is 0 Å². The molecule has 0 aromatic heterocycles. The maximum absolute atomic E-state index is 14.8. The van der Waals surface area contributed by atoms with Crippen LogP contribution in [0.15, 0.2) is 36.5 Å². The van der Waals surface area contributed by atoms with Crippen LogP contribution in [0.3, 0.4) is 0 Å². The summed E-state index contributed by atoms with van der Waals surface area (Å²) in [7, 11) is 0. The summed E-state index contributed by atoms with van der Waals surface area (Å²) in [5.74, 6) is -3.65. The zero-order valence-electron chi connectivity index (χ0n) is 78.4. The van der Waals surface area contributed by atoms with Crippen LogP contribution in [0.2, 0.25) is 0 Å². The second-order valence-corrected chi connectivity index (χ2v) is 35.3. The van der Waals surface area contributed by atoms with Crippen LogP contribution in [0.1, 0.15) is 562 Å². The zero-order valence-corrected chi connectivity index (χ0v) is 78.4. The summed E-state index contributed by atoms with van der Waals surface area (Å²) in [6.45, 7) is 12.5. The molecule has 0 aromatic carbocycles. The number of unbranched alkanes of at least 4 members (excludes halogenated alkanes) is 66. The minimum absolute atomic E-state index is 0.173. The quantitative estimate of drug-likeness (QED) is 0.0246. The molecular weight excluding hydrogens is 1450 g/mol. The van der Waals surface area contributed by atoms with Crippen molar-refractivity contribution in [3.8, 4) is 0 Å². The molecule has 12 nitrogen and oxygen atoms in total.